The van der Waals surface area contributed by atoms with E-state index in [4.69, 9.17) is 0 Å². The van der Waals surface area contributed by atoms with Crippen LogP contribution in [0.2, 0.25) is 0 Å². The molecule has 0 bridgehead atoms. The molecule has 0 saturated heterocycles. The van der Waals surface area contributed by atoms with Crippen molar-refractivity contribution in [3.8, 4) is 0 Å². The number of aliphatic hydroxyl groups is 1. The maximum Gasteiger partial charge on any atom is 0.220 e. The lowest BCUT2D eigenvalue weighted by atomic mass is 9.96. The highest BCUT2D eigenvalue weighted by atomic mass is 16.3. The molecule has 1 rings (SSSR count). The molecular formula is C13H19NO2. The van der Waals surface area contributed by atoms with Gasteiger partial charge in [0.05, 0.1) is 6.54 Å². The molecule has 0 spiro atoms. The Balaban J connectivity index is 2.55. The molecule has 1 amide bonds. The highest BCUT2D eigenvalue weighted by Crippen LogP contribution is 2.18. The summed E-state index contributed by atoms with van der Waals surface area (Å²) in [6, 6.07) is 9.35. The summed E-state index contributed by atoms with van der Waals surface area (Å²) in [5.41, 5.74) is -0.197. The van der Waals surface area contributed by atoms with Crippen LogP contribution in [-0.4, -0.2) is 17.6 Å². The number of carbonyl (C=O) groups excluding carboxylic acids is 1. The van der Waals surface area contributed by atoms with E-state index in [-0.39, 0.29) is 12.5 Å². The summed E-state index contributed by atoms with van der Waals surface area (Å²) in [6.07, 6.45) is 1.32. The molecule has 0 radical (unpaired) electrons. The van der Waals surface area contributed by atoms with Crippen molar-refractivity contribution in [1.29, 1.82) is 0 Å². The number of hydrogen-bond acceptors (Lipinski definition) is 2. The van der Waals surface area contributed by atoms with E-state index in [1.165, 1.54) is 0 Å². The van der Waals surface area contributed by atoms with Crippen molar-refractivity contribution in [1.82, 2.24) is 5.32 Å². The third kappa shape index (κ3) is 3.66. The maximum absolute atomic E-state index is 11.3. The lowest BCUT2D eigenvalue weighted by Gasteiger charge is -2.24. The van der Waals surface area contributed by atoms with Gasteiger partial charge in [0.15, 0.2) is 0 Å². The molecule has 1 aromatic carbocycles. The standard InChI is InChI=1S/C13H19NO2/c1-3-7-12(15)14-10-13(2,16)11-8-5-4-6-9-11/h4-6,8-9,16H,3,7,10H2,1-2H3,(H,14,15). The molecule has 16 heavy (non-hydrogen) atoms. The van der Waals surface area contributed by atoms with E-state index >= 15 is 0 Å². The monoisotopic (exact) mass is 221 g/mol. The first-order valence-corrected chi connectivity index (χ1v) is 5.61. The van der Waals surface area contributed by atoms with Gasteiger partial charge in [-0.25, -0.2) is 0 Å². The van der Waals surface area contributed by atoms with Crippen molar-refractivity contribution in [3.63, 3.8) is 0 Å². The molecule has 0 saturated carbocycles. The Labute approximate surface area is 96.5 Å². The second-order valence-corrected chi connectivity index (χ2v) is 4.17. The predicted molar refractivity (Wildman–Crippen MR) is 63.9 cm³/mol. The number of amides is 1. The molecule has 0 aliphatic rings. The number of hydrogen-bond donors (Lipinski definition) is 2. The molecule has 0 aromatic heterocycles. The lowest BCUT2D eigenvalue weighted by Crippen LogP contribution is -2.38. The van der Waals surface area contributed by atoms with E-state index in [2.05, 4.69) is 5.32 Å². The van der Waals surface area contributed by atoms with Gasteiger partial charge < -0.3 is 10.4 Å². The Kier molecular flexibility index (Phi) is 4.50. The molecule has 0 aliphatic carbocycles. The molecule has 0 fully saturated rings. The smallest absolute Gasteiger partial charge is 0.220 e. The van der Waals surface area contributed by atoms with Crippen LogP contribution in [0.15, 0.2) is 30.3 Å². The van der Waals surface area contributed by atoms with Gasteiger partial charge in [0.25, 0.3) is 0 Å². The van der Waals surface area contributed by atoms with Crippen LogP contribution >= 0.6 is 0 Å². The van der Waals surface area contributed by atoms with Crippen LogP contribution in [0.1, 0.15) is 32.3 Å². The average molecular weight is 221 g/mol. The first-order valence-electron chi connectivity index (χ1n) is 5.61. The molecule has 1 unspecified atom stereocenters. The predicted octanol–water partition coefficient (Wildman–Crippen LogP) is 1.81. The Hall–Kier alpha value is -1.35. The molecule has 88 valence electrons. The summed E-state index contributed by atoms with van der Waals surface area (Å²) in [7, 11) is 0. The quantitative estimate of drug-likeness (QED) is 0.796. The van der Waals surface area contributed by atoms with Crippen molar-refractivity contribution >= 4 is 5.91 Å². The van der Waals surface area contributed by atoms with E-state index in [1.807, 2.05) is 37.3 Å². The highest BCUT2D eigenvalue weighted by molar-refractivity contribution is 5.75. The fourth-order valence-electron chi connectivity index (χ4n) is 1.49. The Morgan fingerprint density at radius 1 is 1.38 bits per heavy atom. The Bertz CT molecular complexity index is 333. The van der Waals surface area contributed by atoms with E-state index in [0.29, 0.717) is 6.42 Å². The largest absolute Gasteiger partial charge is 0.384 e. The number of rotatable bonds is 5. The zero-order valence-electron chi connectivity index (χ0n) is 9.86. The third-order valence-electron chi connectivity index (χ3n) is 2.50. The Morgan fingerprint density at radius 3 is 2.56 bits per heavy atom. The number of carbonyl (C=O) groups is 1. The van der Waals surface area contributed by atoms with Crippen molar-refractivity contribution in [2.75, 3.05) is 6.54 Å². The number of nitrogens with one attached hydrogen (secondary N) is 1. The summed E-state index contributed by atoms with van der Waals surface area (Å²) in [4.78, 5) is 11.3. The van der Waals surface area contributed by atoms with Crippen LogP contribution in [0.4, 0.5) is 0 Å². The second kappa shape index (κ2) is 5.66. The van der Waals surface area contributed by atoms with Gasteiger partial charge in [-0.15, -0.1) is 0 Å². The zero-order valence-corrected chi connectivity index (χ0v) is 9.86. The Morgan fingerprint density at radius 2 is 2.00 bits per heavy atom. The van der Waals surface area contributed by atoms with Crippen LogP contribution in [0.25, 0.3) is 0 Å². The van der Waals surface area contributed by atoms with Gasteiger partial charge >= 0.3 is 0 Å². The van der Waals surface area contributed by atoms with Crippen LogP contribution in [0.5, 0.6) is 0 Å². The minimum Gasteiger partial charge on any atom is -0.384 e. The fourth-order valence-corrected chi connectivity index (χ4v) is 1.49. The third-order valence-corrected chi connectivity index (χ3v) is 2.50. The SMILES string of the molecule is CCCC(=O)NCC(C)(O)c1ccccc1. The van der Waals surface area contributed by atoms with Gasteiger partial charge in [0.1, 0.15) is 5.60 Å². The fraction of sp³-hybridized carbons (Fsp3) is 0.462. The molecule has 0 aliphatic heterocycles. The average Bonchev–Trinajstić information content (AvgIpc) is 2.28. The van der Waals surface area contributed by atoms with Gasteiger partial charge in [0.2, 0.25) is 5.91 Å². The van der Waals surface area contributed by atoms with Gasteiger partial charge in [-0.3, -0.25) is 4.79 Å². The van der Waals surface area contributed by atoms with Crippen LogP contribution in [0, 0.1) is 0 Å². The molecule has 3 heteroatoms. The highest BCUT2D eigenvalue weighted by Gasteiger charge is 2.22. The van der Waals surface area contributed by atoms with Gasteiger partial charge in [-0.2, -0.15) is 0 Å². The van der Waals surface area contributed by atoms with Gasteiger partial charge in [-0.1, -0.05) is 37.3 Å². The molecule has 2 N–H and O–H groups in total. The molecular weight excluding hydrogens is 202 g/mol. The molecule has 3 nitrogen and oxygen atoms in total. The zero-order chi connectivity index (χ0) is 12.0. The van der Waals surface area contributed by atoms with E-state index in [9.17, 15) is 9.90 Å². The van der Waals surface area contributed by atoms with Crippen LogP contribution in [-0.2, 0) is 10.4 Å². The summed E-state index contributed by atoms with van der Waals surface area (Å²) in [6.45, 7) is 3.90. The van der Waals surface area contributed by atoms with Crippen molar-refractivity contribution < 1.29 is 9.90 Å². The van der Waals surface area contributed by atoms with Crippen molar-refractivity contribution in [2.24, 2.45) is 0 Å². The maximum atomic E-state index is 11.3. The normalized spacial score (nSPS) is 14.2. The summed E-state index contributed by atoms with van der Waals surface area (Å²) >= 11 is 0. The summed E-state index contributed by atoms with van der Waals surface area (Å²) in [5.74, 6) is -0.0151. The summed E-state index contributed by atoms with van der Waals surface area (Å²) in [5, 5.41) is 12.9. The lowest BCUT2D eigenvalue weighted by molar-refractivity contribution is -0.122. The van der Waals surface area contributed by atoms with Crippen molar-refractivity contribution in [2.45, 2.75) is 32.3 Å². The van der Waals surface area contributed by atoms with Crippen LogP contribution in [0.3, 0.4) is 0 Å². The van der Waals surface area contributed by atoms with Crippen LogP contribution < -0.4 is 5.32 Å². The molecule has 1 atom stereocenters. The van der Waals surface area contributed by atoms with E-state index in [1.54, 1.807) is 6.92 Å². The minimum absolute atomic E-state index is 0.0151. The first-order chi connectivity index (χ1) is 7.56. The molecule has 0 heterocycles. The second-order valence-electron chi connectivity index (χ2n) is 4.17. The van der Waals surface area contributed by atoms with Crippen molar-refractivity contribution in [3.05, 3.63) is 35.9 Å². The van der Waals surface area contributed by atoms with Gasteiger partial charge in [-0.05, 0) is 18.9 Å². The first kappa shape index (κ1) is 12.7. The van der Waals surface area contributed by atoms with E-state index in [0.717, 1.165) is 12.0 Å². The van der Waals surface area contributed by atoms with E-state index < -0.39 is 5.60 Å². The minimum atomic E-state index is -1.01. The van der Waals surface area contributed by atoms with Gasteiger partial charge in [0, 0.05) is 6.42 Å². The topological polar surface area (TPSA) is 49.3 Å². The number of benzene rings is 1. The summed E-state index contributed by atoms with van der Waals surface area (Å²) < 4.78 is 0. The molecule has 1 aromatic rings.